The van der Waals surface area contributed by atoms with E-state index in [1.165, 1.54) is 22.3 Å². The molecule has 4 heterocycles. The number of aromatic nitrogens is 5. The monoisotopic (exact) mass is 581 g/mol. The molecule has 6 nitrogen and oxygen atoms in total. The van der Waals surface area contributed by atoms with E-state index in [1.54, 1.807) is 0 Å². The van der Waals surface area contributed by atoms with E-state index in [9.17, 15) is 0 Å². The molecular formula is C39H27N5O. The number of benzene rings is 4. The van der Waals surface area contributed by atoms with Gasteiger partial charge in [0, 0.05) is 17.0 Å². The van der Waals surface area contributed by atoms with Gasteiger partial charge in [-0.05, 0) is 78.1 Å². The average Bonchev–Trinajstić information content (AvgIpc) is 3.62. The fourth-order valence-electron chi connectivity index (χ4n) is 7.23. The molecule has 4 aromatic heterocycles. The molecule has 6 heteroatoms. The van der Waals surface area contributed by atoms with E-state index in [0.29, 0.717) is 5.75 Å². The summed E-state index contributed by atoms with van der Waals surface area (Å²) in [5.41, 5.74) is 9.81. The maximum absolute atomic E-state index is 6.70. The van der Waals surface area contributed by atoms with Gasteiger partial charge in [0.05, 0.1) is 27.8 Å². The number of hydrogen-bond acceptors (Lipinski definition) is 5. The van der Waals surface area contributed by atoms with Gasteiger partial charge in [0.2, 0.25) is 0 Å². The largest absolute Gasteiger partial charge is 0.455 e. The highest BCUT2D eigenvalue weighted by Crippen LogP contribution is 2.55. The lowest BCUT2D eigenvalue weighted by molar-refractivity contribution is 0.475. The number of rotatable bonds is 4. The summed E-state index contributed by atoms with van der Waals surface area (Å²) in [6.45, 7) is 3.96. The fraction of sp³-hybridized carbons (Fsp3) is 0.0769. The molecule has 214 valence electrons. The van der Waals surface area contributed by atoms with Crippen LogP contribution in [0.15, 0.2) is 128 Å². The molecule has 1 aliphatic rings. The first-order valence-corrected chi connectivity index (χ1v) is 15.1. The van der Waals surface area contributed by atoms with E-state index in [-0.39, 0.29) is 0 Å². The summed E-state index contributed by atoms with van der Waals surface area (Å²) in [5.74, 6) is 2.23. The maximum atomic E-state index is 6.70. The molecule has 0 spiro atoms. The van der Waals surface area contributed by atoms with E-state index < -0.39 is 5.41 Å². The number of fused-ring (bicyclic) bond motifs is 9. The molecule has 8 aromatic rings. The second kappa shape index (κ2) is 9.56. The first kappa shape index (κ1) is 25.6. The van der Waals surface area contributed by atoms with E-state index >= 15 is 0 Å². The molecule has 0 saturated carbocycles. The molecule has 45 heavy (non-hydrogen) atoms. The van der Waals surface area contributed by atoms with Crippen molar-refractivity contribution in [3.63, 3.8) is 0 Å². The minimum absolute atomic E-state index is 0.603. The minimum Gasteiger partial charge on any atom is -0.455 e. The van der Waals surface area contributed by atoms with Gasteiger partial charge in [-0.2, -0.15) is 0 Å². The molecule has 0 atom stereocenters. The van der Waals surface area contributed by atoms with Crippen molar-refractivity contribution in [2.24, 2.45) is 0 Å². The van der Waals surface area contributed by atoms with Gasteiger partial charge in [-0.15, -0.1) is 10.2 Å². The summed E-state index contributed by atoms with van der Waals surface area (Å²) >= 11 is 0. The zero-order chi connectivity index (χ0) is 30.1. The van der Waals surface area contributed by atoms with E-state index in [0.717, 1.165) is 56.0 Å². The van der Waals surface area contributed by atoms with Crippen molar-refractivity contribution >= 4 is 27.5 Å². The zero-order valence-corrected chi connectivity index (χ0v) is 24.8. The van der Waals surface area contributed by atoms with Gasteiger partial charge < -0.3 is 4.74 Å². The van der Waals surface area contributed by atoms with Crippen LogP contribution in [0.1, 0.15) is 33.9 Å². The summed E-state index contributed by atoms with van der Waals surface area (Å²) in [4.78, 5) is 10.0. The standard InChI is InChI=1S/C39H27N5O/c1-24-35(23-31-37(41-24)30-16-5-8-19-34(30)44-25(2)42-43-38(31)44)45-27-13-11-12-26(22-27)39(36-20-9-10-21-40-36)32-17-6-3-14-28(32)29-15-4-7-18-33(29)39/h3-23H,1-2H3. The van der Waals surface area contributed by atoms with E-state index in [2.05, 4.69) is 112 Å². The highest BCUT2D eigenvalue weighted by atomic mass is 16.5. The van der Waals surface area contributed by atoms with Crippen molar-refractivity contribution in [2.75, 3.05) is 0 Å². The van der Waals surface area contributed by atoms with Crippen LogP contribution in [-0.4, -0.2) is 24.6 Å². The number of nitrogens with zero attached hydrogens (tertiary/aromatic N) is 5. The number of ether oxygens (including phenoxy) is 1. The minimum atomic E-state index is -0.603. The Kier molecular flexibility index (Phi) is 5.44. The third-order valence-corrected chi connectivity index (χ3v) is 9.13. The van der Waals surface area contributed by atoms with Crippen LogP contribution in [0.5, 0.6) is 11.5 Å². The van der Waals surface area contributed by atoms with Crippen molar-refractivity contribution in [3.05, 3.63) is 161 Å². The van der Waals surface area contributed by atoms with Gasteiger partial charge in [0.25, 0.3) is 0 Å². The summed E-state index contributed by atoms with van der Waals surface area (Å²) in [5, 5.41) is 10.9. The molecule has 0 saturated heterocycles. The van der Waals surface area contributed by atoms with Gasteiger partial charge in [-0.1, -0.05) is 84.9 Å². The number of pyridine rings is 3. The summed E-state index contributed by atoms with van der Waals surface area (Å²) in [6, 6.07) is 42.2. The molecule has 0 unspecified atom stereocenters. The van der Waals surface area contributed by atoms with Crippen LogP contribution in [0.2, 0.25) is 0 Å². The molecule has 9 rings (SSSR count). The molecule has 1 aliphatic carbocycles. The molecule has 0 aliphatic heterocycles. The Morgan fingerprint density at radius 1 is 0.667 bits per heavy atom. The van der Waals surface area contributed by atoms with Crippen LogP contribution in [0, 0.1) is 13.8 Å². The van der Waals surface area contributed by atoms with Crippen molar-refractivity contribution in [1.29, 1.82) is 0 Å². The van der Waals surface area contributed by atoms with Crippen molar-refractivity contribution < 1.29 is 4.74 Å². The molecule has 0 amide bonds. The Labute approximate surface area is 259 Å². The second-order valence-electron chi connectivity index (χ2n) is 11.6. The quantitative estimate of drug-likeness (QED) is 0.195. The third-order valence-electron chi connectivity index (χ3n) is 9.13. The van der Waals surface area contributed by atoms with Crippen molar-refractivity contribution in [1.82, 2.24) is 24.6 Å². The van der Waals surface area contributed by atoms with Gasteiger partial charge in [-0.25, -0.2) is 4.98 Å². The van der Waals surface area contributed by atoms with Crippen LogP contribution in [0.25, 0.3) is 38.6 Å². The van der Waals surface area contributed by atoms with E-state index in [1.807, 2.05) is 44.3 Å². The van der Waals surface area contributed by atoms with Crippen LogP contribution < -0.4 is 4.74 Å². The highest BCUT2D eigenvalue weighted by molar-refractivity contribution is 6.10. The third kappa shape index (κ3) is 3.56. The summed E-state index contributed by atoms with van der Waals surface area (Å²) < 4.78 is 8.79. The van der Waals surface area contributed by atoms with E-state index in [4.69, 9.17) is 14.7 Å². The predicted octanol–water partition coefficient (Wildman–Crippen LogP) is 8.60. The topological polar surface area (TPSA) is 65.2 Å². The first-order chi connectivity index (χ1) is 22.1. The van der Waals surface area contributed by atoms with Crippen molar-refractivity contribution in [2.45, 2.75) is 19.3 Å². The van der Waals surface area contributed by atoms with Gasteiger partial charge in [0.15, 0.2) is 5.65 Å². The molecule has 0 fully saturated rings. The predicted molar refractivity (Wildman–Crippen MR) is 177 cm³/mol. The summed E-state index contributed by atoms with van der Waals surface area (Å²) in [7, 11) is 0. The normalized spacial score (nSPS) is 13.3. The van der Waals surface area contributed by atoms with Crippen LogP contribution in [0.3, 0.4) is 0 Å². The Balaban J connectivity index is 1.24. The first-order valence-electron chi connectivity index (χ1n) is 15.1. The Morgan fingerprint density at radius 3 is 2.18 bits per heavy atom. The number of hydrogen-bond donors (Lipinski definition) is 0. The van der Waals surface area contributed by atoms with Crippen molar-refractivity contribution in [3.8, 4) is 22.6 Å². The molecule has 4 aromatic carbocycles. The lowest BCUT2D eigenvalue weighted by Crippen LogP contribution is -2.29. The Hall–Kier alpha value is -5.88. The smallest absolute Gasteiger partial charge is 0.170 e. The summed E-state index contributed by atoms with van der Waals surface area (Å²) in [6.07, 6.45) is 1.88. The van der Waals surface area contributed by atoms with Crippen LogP contribution in [-0.2, 0) is 5.41 Å². The van der Waals surface area contributed by atoms with Crippen LogP contribution in [0.4, 0.5) is 0 Å². The molecular weight excluding hydrogens is 554 g/mol. The van der Waals surface area contributed by atoms with Crippen LogP contribution >= 0.6 is 0 Å². The van der Waals surface area contributed by atoms with Gasteiger partial charge in [-0.3, -0.25) is 9.38 Å². The Bertz CT molecular complexity index is 2400. The second-order valence-corrected chi connectivity index (χ2v) is 11.6. The lowest BCUT2D eigenvalue weighted by atomic mass is 9.70. The SMILES string of the molecule is Cc1nc2c3ccccc3n3c(C)nnc3c2cc1Oc1cccc(C2(c3ccccn3)c3ccccc3-c3ccccc32)c1. The molecule has 0 radical (unpaired) electrons. The molecule has 0 N–H and O–H groups in total. The lowest BCUT2D eigenvalue weighted by Gasteiger charge is -2.32. The highest BCUT2D eigenvalue weighted by Gasteiger charge is 2.47. The Morgan fingerprint density at radius 2 is 1.40 bits per heavy atom. The van der Waals surface area contributed by atoms with Gasteiger partial charge >= 0.3 is 0 Å². The fourth-order valence-corrected chi connectivity index (χ4v) is 7.23. The molecule has 0 bridgehead atoms. The number of aryl methyl sites for hydroxylation is 2. The number of para-hydroxylation sites is 1. The average molecular weight is 582 g/mol. The maximum Gasteiger partial charge on any atom is 0.170 e. The zero-order valence-electron chi connectivity index (χ0n) is 24.8. The van der Waals surface area contributed by atoms with Gasteiger partial charge in [0.1, 0.15) is 17.3 Å².